The number of ether oxygens (including phenoxy) is 2. The Morgan fingerprint density at radius 1 is 1.19 bits per heavy atom. The summed E-state index contributed by atoms with van der Waals surface area (Å²) in [7, 11) is 0. The molecule has 0 bridgehead atoms. The molecule has 146 valence electrons. The molecule has 0 saturated heterocycles. The van der Waals surface area contributed by atoms with E-state index < -0.39 is 17.8 Å². The van der Waals surface area contributed by atoms with Gasteiger partial charge in [-0.1, -0.05) is 0 Å². The fourth-order valence-corrected chi connectivity index (χ4v) is 1.97. The lowest BCUT2D eigenvalue weighted by molar-refractivity contribution is -0.142. The summed E-state index contributed by atoms with van der Waals surface area (Å²) in [5.41, 5.74) is -1.02. The van der Waals surface area contributed by atoms with E-state index in [0.29, 0.717) is 0 Å². The number of nitrogens with zero attached hydrogens (tertiary/aromatic N) is 4. The minimum absolute atomic E-state index is 0.0263. The minimum atomic E-state index is -4.64. The fraction of sp³-hybridized carbons (Fsp3) is 0.412. The SMILES string of the molecule is CC(C)OC(=O)C=Cn1cnc(-c2cc(OC(C)C)nc(C(F)(F)F)c2)n1. The van der Waals surface area contributed by atoms with Gasteiger partial charge in [0.15, 0.2) is 5.82 Å². The zero-order valence-electron chi connectivity index (χ0n) is 15.2. The molecule has 0 aliphatic heterocycles. The molecule has 0 unspecified atom stereocenters. The van der Waals surface area contributed by atoms with Crippen LogP contribution in [0.15, 0.2) is 24.5 Å². The molecule has 0 atom stereocenters. The zero-order chi connectivity index (χ0) is 20.2. The van der Waals surface area contributed by atoms with Gasteiger partial charge in [-0.25, -0.2) is 19.4 Å². The molecular weight excluding hydrogens is 365 g/mol. The van der Waals surface area contributed by atoms with E-state index in [1.807, 2.05) is 0 Å². The maximum absolute atomic E-state index is 13.1. The second-order valence-electron chi connectivity index (χ2n) is 6.09. The topological polar surface area (TPSA) is 79.1 Å². The van der Waals surface area contributed by atoms with Gasteiger partial charge >= 0.3 is 12.1 Å². The van der Waals surface area contributed by atoms with Gasteiger partial charge in [0.1, 0.15) is 12.0 Å². The van der Waals surface area contributed by atoms with Crippen LogP contribution in [0.25, 0.3) is 17.6 Å². The highest BCUT2D eigenvalue weighted by molar-refractivity contribution is 5.85. The highest BCUT2D eigenvalue weighted by atomic mass is 19.4. The fourth-order valence-electron chi connectivity index (χ4n) is 1.97. The largest absolute Gasteiger partial charge is 0.475 e. The van der Waals surface area contributed by atoms with Gasteiger partial charge in [-0.2, -0.15) is 13.2 Å². The molecule has 2 heterocycles. The van der Waals surface area contributed by atoms with E-state index in [1.165, 1.54) is 23.3 Å². The van der Waals surface area contributed by atoms with Gasteiger partial charge in [-0.3, -0.25) is 0 Å². The van der Waals surface area contributed by atoms with Crippen LogP contribution in [-0.4, -0.2) is 37.9 Å². The smallest absolute Gasteiger partial charge is 0.433 e. The van der Waals surface area contributed by atoms with Crippen molar-refractivity contribution in [2.24, 2.45) is 0 Å². The Balaban J connectivity index is 2.31. The van der Waals surface area contributed by atoms with Crippen LogP contribution < -0.4 is 4.74 Å². The molecule has 2 aromatic rings. The second kappa shape index (κ2) is 8.19. The van der Waals surface area contributed by atoms with Gasteiger partial charge in [-0.05, 0) is 33.8 Å². The zero-order valence-corrected chi connectivity index (χ0v) is 15.2. The Hall–Kier alpha value is -2.91. The summed E-state index contributed by atoms with van der Waals surface area (Å²) in [6.07, 6.45) is -1.59. The third-order valence-electron chi connectivity index (χ3n) is 2.93. The summed E-state index contributed by atoms with van der Waals surface area (Å²) in [6.45, 7) is 6.76. The third kappa shape index (κ3) is 6.08. The van der Waals surface area contributed by atoms with Crippen LogP contribution in [-0.2, 0) is 15.7 Å². The number of aromatic nitrogens is 4. The van der Waals surface area contributed by atoms with E-state index >= 15 is 0 Å². The molecule has 0 aliphatic rings. The lowest BCUT2D eigenvalue weighted by Gasteiger charge is -2.12. The molecule has 7 nitrogen and oxygen atoms in total. The second-order valence-corrected chi connectivity index (χ2v) is 6.09. The lowest BCUT2D eigenvalue weighted by Crippen LogP contribution is -2.12. The summed E-state index contributed by atoms with van der Waals surface area (Å²) >= 11 is 0. The third-order valence-corrected chi connectivity index (χ3v) is 2.93. The van der Waals surface area contributed by atoms with E-state index in [0.717, 1.165) is 12.1 Å². The van der Waals surface area contributed by atoms with Crippen LogP contribution in [0, 0.1) is 0 Å². The minimum Gasteiger partial charge on any atom is -0.475 e. The summed E-state index contributed by atoms with van der Waals surface area (Å²) in [5.74, 6) is -0.724. The number of esters is 1. The van der Waals surface area contributed by atoms with Gasteiger partial charge < -0.3 is 9.47 Å². The number of rotatable bonds is 6. The highest BCUT2D eigenvalue weighted by Crippen LogP contribution is 2.32. The van der Waals surface area contributed by atoms with Crippen LogP contribution in [0.1, 0.15) is 33.4 Å². The standard InChI is InChI=1S/C17H19F3N4O3/c1-10(2)26-14-8-12(7-13(22-14)17(18,19)20)16-21-9-24(23-16)6-5-15(25)27-11(3)4/h5-11H,1-4H3. The molecule has 27 heavy (non-hydrogen) atoms. The Bertz CT molecular complexity index is 829. The van der Waals surface area contributed by atoms with E-state index in [-0.39, 0.29) is 29.5 Å². The maximum atomic E-state index is 13.1. The van der Waals surface area contributed by atoms with Gasteiger partial charge in [0, 0.05) is 23.9 Å². The van der Waals surface area contributed by atoms with E-state index in [4.69, 9.17) is 9.47 Å². The normalized spacial score (nSPS) is 12.2. The average molecular weight is 384 g/mol. The van der Waals surface area contributed by atoms with Crippen molar-refractivity contribution in [1.29, 1.82) is 0 Å². The predicted molar refractivity (Wildman–Crippen MR) is 90.6 cm³/mol. The van der Waals surface area contributed by atoms with Gasteiger partial charge in [0.25, 0.3) is 0 Å². The van der Waals surface area contributed by atoms with E-state index in [2.05, 4.69) is 15.1 Å². The molecule has 2 aromatic heterocycles. The lowest BCUT2D eigenvalue weighted by atomic mass is 10.2. The van der Waals surface area contributed by atoms with Crippen molar-refractivity contribution in [1.82, 2.24) is 19.7 Å². The Labute approximate surface area is 153 Å². The molecule has 0 amide bonds. The molecule has 0 radical (unpaired) electrons. The summed E-state index contributed by atoms with van der Waals surface area (Å²) in [4.78, 5) is 18.9. The summed E-state index contributed by atoms with van der Waals surface area (Å²) in [6, 6.07) is 2.16. The number of pyridine rings is 1. The first-order valence-corrected chi connectivity index (χ1v) is 8.11. The molecule has 10 heteroatoms. The first-order chi connectivity index (χ1) is 12.5. The van der Waals surface area contributed by atoms with Gasteiger partial charge in [0.05, 0.1) is 12.2 Å². The number of carbonyl (C=O) groups is 1. The first-order valence-electron chi connectivity index (χ1n) is 8.11. The number of hydrogen-bond acceptors (Lipinski definition) is 6. The number of hydrogen-bond donors (Lipinski definition) is 0. The monoisotopic (exact) mass is 384 g/mol. The van der Waals surface area contributed by atoms with Crippen LogP contribution in [0.3, 0.4) is 0 Å². The molecule has 0 aliphatic carbocycles. The average Bonchev–Trinajstić information content (AvgIpc) is 2.99. The van der Waals surface area contributed by atoms with Gasteiger partial charge in [-0.15, -0.1) is 5.10 Å². The number of carbonyl (C=O) groups excluding carboxylic acids is 1. The van der Waals surface area contributed by atoms with E-state index in [9.17, 15) is 18.0 Å². The molecule has 0 saturated carbocycles. The van der Waals surface area contributed by atoms with Crippen LogP contribution in [0.5, 0.6) is 5.88 Å². The predicted octanol–water partition coefficient (Wildman–Crippen LogP) is 3.57. The van der Waals surface area contributed by atoms with E-state index in [1.54, 1.807) is 27.7 Å². The first kappa shape index (κ1) is 20.4. The van der Waals surface area contributed by atoms with Crippen molar-refractivity contribution in [2.45, 2.75) is 46.1 Å². The summed E-state index contributed by atoms with van der Waals surface area (Å²) < 4.78 is 50.7. The van der Waals surface area contributed by atoms with Crippen molar-refractivity contribution in [3.8, 4) is 17.3 Å². The van der Waals surface area contributed by atoms with Crippen molar-refractivity contribution in [2.75, 3.05) is 0 Å². The number of halogens is 3. The quantitative estimate of drug-likeness (QED) is 0.560. The van der Waals surface area contributed by atoms with Crippen molar-refractivity contribution < 1.29 is 27.4 Å². The molecule has 0 fully saturated rings. The van der Waals surface area contributed by atoms with Crippen LogP contribution in [0.4, 0.5) is 13.2 Å². The van der Waals surface area contributed by atoms with Crippen LogP contribution >= 0.6 is 0 Å². The van der Waals surface area contributed by atoms with Crippen molar-refractivity contribution in [3.05, 3.63) is 30.2 Å². The molecule has 0 aromatic carbocycles. The number of alkyl halides is 3. The Morgan fingerprint density at radius 2 is 1.89 bits per heavy atom. The van der Waals surface area contributed by atoms with Gasteiger partial charge in [0.2, 0.25) is 5.88 Å². The molecule has 0 N–H and O–H groups in total. The van der Waals surface area contributed by atoms with Crippen molar-refractivity contribution in [3.63, 3.8) is 0 Å². The Morgan fingerprint density at radius 3 is 2.48 bits per heavy atom. The van der Waals surface area contributed by atoms with Crippen molar-refractivity contribution >= 4 is 12.2 Å². The van der Waals surface area contributed by atoms with Crippen LogP contribution in [0.2, 0.25) is 0 Å². The maximum Gasteiger partial charge on any atom is 0.433 e. The highest BCUT2D eigenvalue weighted by Gasteiger charge is 2.34. The molecular formula is C17H19F3N4O3. The summed E-state index contributed by atoms with van der Waals surface area (Å²) in [5, 5.41) is 4.04. The molecule has 0 spiro atoms. The Kier molecular flexibility index (Phi) is 6.19. The molecule has 2 rings (SSSR count).